The Hall–Kier alpha value is -1.24. The van der Waals surface area contributed by atoms with Crippen molar-refractivity contribution in [3.05, 3.63) is 47.9 Å². The van der Waals surface area contributed by atoms with E-state index in [1.807, 2.05) is 0 Å². The first kappa shape index (κ1) is 18.8. The Morgan fingerprint density at radius 3 is 2.09 bits per heavy atom. The smallest absolute Gasteiger partial charge is 0.0432 e. The zero-order valence-corrected chi connectivity index (χ0v) is 16.1. The predicted molar refractivity (Wildman–Crippen MR) is 99.4 cm³/mol. The largest absolute Gasteiger partial charge is 0.348 e. The summed E-state index contributed by atoms with van der Waals surface area (Å²) in [6, 6.07) is 0. The van der Waals surface area contributed by atoms with Crippen LogP contribution in [0.1, 0.15) is 55.4 Å². The summed E-state index contributed by atoms with van der Waals surface area (Å²) in [6.45, 7) is 22.3. The lowest BCUT2D eigenvalue weighted by Crippen LogP contribution is -2.29. The molecule has 1 nitrogen and oxygen atoms in total. The fraction of sp³-hybridized carbons (Fsp3) is 0.619. The number of allylic oxidation sites excluding steroid dienone is 5. The van der Waals surface area contributed by atoms with Gasteiger partial charge in [0.2, 0.25) is 0 Å². The van der Waals surface area contributed by atoms with Crippen molar-refractivity contribution >= 4 is 0 Å². The molecule has 1 heteroatoms. The van der Waals surface area contributed by atoms with Crippen LogP contribution in [0.3, 0.4) is 0 Å². The lowest BCUT2D eigenvalue weighted by molar-refractivity contribution is 0.243. The molecule has 0 saturated carbocycles. The molecule has 0 heterocycles. The van der Waals surface area contributed by atoms with Crippen molar-refractivity contribution < 1.29 is 0 Å². The van der Waals surface area contributed by atoms with Crippen molar-refractivity contribution in [2.45, 2.75) is 55.4 Å². The first-order chi connectivity index (χ1) is 9.89. The van der Waals surface area contributed by atoms with Crippen molar-refractivity contribution in [1.29, 1.82) is 0 Å². The van der Waals surface area contributed by atoms with E-state index in [0.717, 1.165) is 5.70 Å². The molecular formula is C21H35N. The molecule has 2 atom stereocenters. The molecule has 0 spiro atoms. The summed E-state index contributed by atoms with van der Waals surface area (Å²) in [6.07, 6.45) is 9.28. The van der Waals surface area contributed by atoms with Gasteiger partial charge in [0.1, 0.15) is 0 Å². The van der Waals surface area contributed by atoms with Crippen LogP contribution in [0.15, 0.2) is 47.9 Å². The van der Waals surface area contributed by atoms with Crippen LogP contribution in [0.4, 0.5) is 0 Å². The van der Waals surface area contributed by atoms with E-state index in [9.17, 15) is 0 Å². The second-order valence-electron chi connectivity index (χ2n) is 8.66. The number of rotatable bonds is 3. The monoisotopic (exact) mass is 301 g/mol. The minimum absolute atomic E-state index is 0.0709. The van der Waals surface area contributed by atoms with Gasteiger partial charge in [-0.1, -0.05) is 79.3 Å². The SMILES string of the molecule is C=C(N(C)/C(=C\C)C1=CC(C)C(C(C)(C)C)C=C1)C(C)(C)C. The normalized spacial score (nSPS) is 23.3. The van der Waals surface area contributed by atoms with Gasteiger partial charge in [0.25, 0.3) is 0 Å². The average Bonchev–Trinajstić information content (AvgIpc) is 2.36. The topological polar surface area (TPSA) is 3.24 Å². The van der Waals surface area contributed by atoms with Gasteiger partial charge in [-0.3, -0.25) is 0 Å². The third kappa shape index (κ3) is 4.15. The highest BCUT2D eigenvalue weighted by Gasteiger charge is 2.30. The van der Waals surface area contributed by atoms with Gasteiger partial charge in [0.15, 0.2) is 0 Å². The van der Waals surface area contributed by atoms with Crippen molar-refractivity contribution in [1.82, 2.24) is 4.90 Å². The van der Waals surface area contributed by atoms with E-state index in [0.29, 0.717) is 17.3 Å². The van der Waals surface area contributed by atoms with Crippen molar-refractivity contribution in [2.75, 3.05) is 7.05 Å². The molecule has 0 radical (unpaired) electrons. The Morgan fingerprint density at radius 1 is 1.18 bits per heavy atom. The first-order valence-corrected chi connectivity index (χ1v) is 8.39. The van der Waals surface area contributed by atoms with Gasteiger partial charge in [0.05, 0.1) is 0 Å². The first-order valence-electron chi connectivity index (χ1n) is 8.39. The number of likely N-dealkylation sites (N-methyl/N-ethyl adjacent to an activating group) is 1. The summed E-state index contributed by atoms with van der Waals surface area (Å²) >= 11 is 0. The summed E-state index contributed by atoms with van der Waals surface area (Å²) in [5.41, 5.74) is 4.07. The van der Waals surface area contributed by atoms with Crippen molar-refractivity contribution in [3.8, 4) is 0 Å². The van der Waals surface area contributed by atoms with E-state index in [1.54, 1.807) is 0 Å². The minimum atomic E-state index is 0.0709. The highest BCUT2D eigenvalue weighted by Crippen LogP contribution is 2.39. The Balaban J connectivity index is 3.06. The van der Waals surface area contributed by atoms with Crippen molar-refractivity contribution in [2.24, 2.45) is 22.7 Å². The van der Waals surface area contributed by atoms with E-state index in [-0.39, 0.29) is 5.41 Å². The molecule has 0 bridgehead atoms. The molecule has 1 aliphatic rings. The fourth-order valence-electron chi connectivity index (χ4n) is 3.28. The van der Waals surface area contributed by atoms with Gasteiger partial charge < -0.3 is 4.90 Å². The van der Waals surface area contributed by atoms with E-state index >= 15 is 0 Å². The highest BCUT2D eigenvalue weighted by atomic mass is 15.1. The maximum absolute atomic E-state index is 4.30. The Bertz CT molecular complexity index is 503. The van der Waals surface area contributed by atoms with Gasteiger partial charge in [-0.2, -0.15) is 0 Å². The van der Waals surface area contributed by atoms with Crippen LogP contribution in [0.2, 0.25) is 0 Å². The molecule has 2 unspecified atom stereocenters. The average molecular weight is 302 g/mol. The van der Waals surface area contributed by atoms with Gasteiger partial charge in [0, 0.05) is 23.9 Å². The molecule has 0 amide bonds. The van der Waals surface area contributed by atoms with Crippen LogP contribution in [-0.4, -0.2) is 11.9 Å². The van der Waals surface area contributed by atoms with Crippen LogP contribution in [0.25, 0.3) is 0 Å². The molecule has 0 N–H and O–H groups in total. The third-order valence-electron chi connectivity index (χ3n) is 4.69. The molecule has 0 fully saturated rings. The molecule has 1 rings (SSSR count). The zero-order valence-electron chi connectivity index (χ0n) is 16.1. The Kier molecular flexibility index (Phi) is 5.54. The van der Waals surface area contributed by atoms with Gasteiger partial charge in [-0.05, 0) is 29.7 Å². The molecule has 22 heavy (non-hydrogen) atoms. The molecular weight excluding hydrogens is 266 g/mol. The van der Waals surface area contributed by atoms with Gasteiger partial charge in [-0.15, -0.1) is 0 Å². The molecule has 0 saturated heterocycles. The summed E-state index contributed by atoms with van der Waals surface area (Å²) in [5.74, 6) is 1.14. The Labute approximate surface area is 138 Å². The molecule has 0 aromatic rings. The number of hydrogen-bond acceptors (Lipinski definition) is 1. The van der Waals surface area contributed by atoms with Crippen LogP contribution < -0.4 is 0 Å². The van der Waals surface area contributed by atoms with Gasteiger partial charge in [-0.25, -0.2) is 0 Å². The van der Waals surface area contributed by atoms with Crippen molar-refractivity contribution in [3.63, 3.8) is 0 Å². The molecule has 0 aromatic carbocycles. The van der Waals surface area contributed by atoms with Gasteiger partial charge >= 0.3 is 0 Å². The van der Waals surface area contributed by atoms with Crippen LogP contribution >= 0.6 is 0 Å². The summed E-state index contributed by atoms with van der Waals surface area (Å²) in [5, 5.41) is 0. The summed E-state index contributed by atoms with van der Waals surface area (Å²) in [4.78, 5) is 2.24. The van der Waals surface area contributed by atoms with E-state index in [4.69, 9.17) is 0 Å². The fourth-order valence-corrected chi connectivity index (χ4v) is 3.28. The van der Waals surface area contributed by atoms with Crippen LogP contribution in [0, 0.1) is 22.7 Å². The van der Waals surface area contributed by atoms with E-state index < -0.39 is 0 Å². The highest BCUT2D eigenvalue weighted by molar-refractivity contribution is 5.43. The lowest BCUT2D eigenvalue weighted by atomic mass is 9.71. The minimum Gasteiger partial charge on any atom is -0.348 e. The second kappa shape index (κ2) is 6.48. The standard InChI is InChI=1S/C21H35N/c1-11-19(22(10)16(3)20(4,5)6)17-12-13-18(15(2)14-17)21(7,8)9/h11-15,18H,3H2,1-2,4-10H3/b19-11-. The maximum Gasteiger partial charge on any atom is 0.0432 e. The van der Waals surface area contributed by atoms with E-state index in [2.05, 4.69) is 98.2 Å². The maximum atomic E-state index is 4.30. The lowest BCUT2D eigenvalue weighted by Gasteiger charge is -2.37. The summed E-state index contributed by atoms with van der Waals surface area (Å²) in [7, 11) is 2.12. The quantitative estimate of drug-likeness (QED) is 0.602. The third-order valence-corrected chi connectivity index (χ3v) is 4.69. The number of nitrogens with zero attached hydrogens (tertiary/aromatic N) is 1. The molecule has 124 valence electrons. The Morgan fingerprint density at radius 2 is 1.73 bits per heavy atom. The summed E-state index contributed by atoms with van der Waals surface area (Å²) < 4.78 is 0. The molecule has 1 aliphatic carbocycles. The zero-order chi connectivity index (χ0) is 17.3. The number of hydrogen-bond donors (Lipinski definition) is 0. The van der Waals surface area contributed by atoms with Crippen LogP contribution in [-0.2, 0) is 0 Å². The molecule has 0 aromatic heterocycles. The predicted octanol–water partition coefficient (Wildman–Crippen LogP) is 6.18. The van der Waals surface area contributed by atoms with E-state index in [1.165, 1.54) is 11.3 Å². The molecule has 0 aliphatic heterocycles. The second-order valence-corrected chi connectivity index (χ2v) is 8.66. The van der Waals surface area contributed by atoms with Crippen LogP contribution in [0.5, 0.6) is 0 Å².